The molecule has 140 valence electrons. The fourth-order valence-electron chi connectivity index (χ4n) is 3.68. The molecule has 0 bridgehead atoms. The number of carbonyl (C=O) groups excluding carboxylic acids is 2. The number of hydrogen-bond acceptors (Lipinski definition) is 3. The van der Waals surface area contributed by atoms with Gasteiger partial charge in [-0.2, -0.15) is 0 Å². The number of primary amides is 1. The molecule has 5 nitrogen and oxygen atoms in total. The van der Waals surface area contributed by atoms with E-state index in [4.69, 9.17) is 5.73 Å². The van der Waals surface area contributed by atoms with Gasteiger partial charge in [-0.05, 0) is 42.8 Å². The fourth-order valence-corrected chi connectivity index (χ4v) is 3.68. The van der Waals surface area contributed by atoms with Crippen LogP contribution in [0.3, 0.4) is 0 Å². The molecular weight excluding hydrogens is 350 g/mol. The molecular formula is C23H21N3O2. The molecule has 0 radical (unpaired) electrons. The summed E-state index contributed by atoms with van der Waals surface area (Å²) in [7, 11) is 0. The zero-order valence-electron chi connectivity index (χ0n) is 15.6. The van der Waals surface area contributed by atoms with Crippen LogP contribution in [-0.2, 0) is 16.9 Å². The molecule has 0 fully saturated rings. The summed E-state index contributed by atoms with van der Waals surface area (Å²) in [4.78, 5) is 26.6. The maximum Gasteiger partial charge on any atom is 0.257 e. The number of rotatable bonds is 5. The summed E-state index contributed by atoms with van der Waals surface area (Å²) in [5.41, 5.74) is 8.48. The van der Waals surface area contributed by atoms with Gasteiger partial charge in [-0.15, -0.1) is 0 Å². The lowest BCUT2D eigenvalue weighted by atomic mass is 9.93. The lowest BCUT2D eigenvalue weighted by Crippen LogP contribution is -2.43. The van der Waals surface area contributed by atoms with E-state index >= 15 is 0 Å². The van der Waals surface area contributed by atoms with E-state index in [-0.39, 0.29) is 5.91 Å². The molecule has 5 heteroatoms. The standard InChI is InChI=1S/C23H21N3O2/c1-23(25-18-13-11-17(12-14-18)21(24)27)19-9-5-6-10-20(19)26(22(23)28)15-16-7-3-2-4-8-16/h2-14,25H,15H2,1H3,(H2,24,27). The highest BCUT2D eigenvalue weighted by Gasteiger charge is 2.47. The number of nitrogens with two attached hydrogens (primary N) is 1. The van der Waals surface area contributed by atoms with Gasteiger partial charge in [0.25, 0.3) is 5.91 Å². The normalized spacial score (nSPS) is 18.0. The minimum atomic E-state index is -0.903. The Labute approximate surface area is 163 Å². The van der Waals surface area contributed by atoms with Crippen molar-refractivity contribution in [3.05, 3.63) is 95.6 Å². The Morgan fingerprint density at radius 3 is 2.29 bits per heavy atom. The van der Waals surface area contributed by atoms with Crippen LogP contribution in [0.4, 0.5) is 11.4 Å². The first kappa shape index (κ1) is 17.8. The quantitative estimate of drug-likeness (QED) is 0.719. The first-order valence-corrected chi connectivity index (χ1v) is 9.12. The van der Waals surface area contributed by atoms with E-state index in [1.54, 1.807) is 24.3 Å². The lowest BCUT2D eigenvalue weighted by Gasteiger charge is -2.27. The SMILES string of the molecule is CC1(Nc2ccc(C(N)=O)cc2)C(=O)N(Cc2ccccc2)c2ccccc21. The van der Waals surface area contributed by atoms with Crippen LogP contribution in [-0.4, -0.2) is 11.8 Å². The Balaban J connectivity index is 1.68. The molecule has 1 unspecified atom stereocenters. The molecule has 0 aromatic heterocycles. The molecule has 0 spiro atoms. The van der Waals surface area contributed by atoms with Crippen molar-refractivity contribution in [3.8, 4) is 0 Å². The zero-order valence-corrected chi connectivity index (χ0v) is 15.6. The predicted molar refractivity (Wildman–Crippen MR) is 110 cm³/mol. The number of nitrogens with one attached hydrogen (secondary N) is 1. The number of fused-ring (bicyclic) bond motifs is 1. The van der Waals surface area contributed by atoms with Crippen molar-refractivity contribution in [1.82, 2.24) is 0 Å². The van der Waals surface area contributed by atoms with Gasteiger partial charge < -0.3 is 16.0 Å². The van der Waals surface area contributed by atoms with E-state index in [0.29, 0.717) is 12.1 Å². The Morgan fingerprint density at radius 2 is 1.61 bits per heavy atom. The molecule has 0 saturated heterocycles. The molecule has 1 aliphatic rings. The van der Waals surface area contributed by atoms with Gasteiger partial charge in [0.2, 0.25) is 5.91 Å². The summed E-state index contributed by atoms with van der Waals surface area (Å²) in [6.07, 6.45) is 0. The van der Waals surface area contributed by atoms with Gasteiger partial charge in [0.15, 0.2) is 0 Å². The van der Waals surface area contributed by atoms with Crippen LogP contribution in [0.15, 0.2) is 78.9 Å². The van der Waals surface area contributed by atoms with Gasteiger partial charge in [0, 0.05) is 16.8 Å². The third kappa shape index (κ3) is 3.01. The van der Waals surface area contributed by atoms with Gasteiger partial charge >= 0.3 is 0 Å². The molecule has 0 aliphatic carbocycles. The number of anilines is 2. The number of benzene rings is 3. The zero-order chi connectivity index (χ0) is 19.7. The van der Waals surface area contributed by atoms with Gasteiger partial charge in [0.1, 0.15) is 5.54 Å². The number of para-hydroxylation sites is 1. The molecule has 0 saturated carbocycles. The Bertz CT molecular complexity index is 1030. The molecule has 1 aliphatic heterocycles. The predicted octanol–water partition coefficient (Wildman–Crippen LogP) is 3.66. The van der Waals surface area contributed by atoms with Crippen molar-refractivity contribution in [2.45, 2.75) is 19.0 Å². The second kappa shape index (κ2) is 6.85. The third-order valence-electron chi connectivity index (χ3n) is 5.15. The van der Waals surface area contributed by atoms with Gasteiger partial charge in [-0.1, -0.05) is 48.5 Å². The van der Waals surface area contributed by atoms with Gasteiger partial charge in [-0.25, -0.2) is 0 Å². The maximum absolute atomic E-state index is 13.5. The van der Waals surface area contributed by atoms with Crippen molar-refractivity contribution < 1.29 is 9.59 Å². The summed E-state index contributed by atoms with van der Waals surface area (Å²) < 4.78 is 0. The molecule has 3 aromatic rings. The van der Waals surface area contributed by atoms with Crippen molar-refractivity contribution in [1.29, 1.82) is 0 Å². The summed E-state index contributed by atoms with van der Waals surface area (Å²) in [5.74, 6) is -0.495. The first-order chi connectivity index (χ1) is 13.5. The highest BCUT2D eigenvalue weighted by molar-refractivity contribution is 6.09. The van der Waals surface area contributed by atoms with Crippen molar-refractivity contribution in [2.75, 3.05) is 10.2 Å². The topological polar surface area (TPSA) is 75.4 Å². The van der Waals surface area contributed by atoms with E-state index in [9.17, 15) is 9.59 Å². The number of nitrogens with zero attached hydrogens (tertiary/aromatic N) is 1. The largest absolute Gasteiger partial charge is 0.368 e. The van der Waals surface area contributed by atoms with Crippen LogP contribution in [0.2, 0.25) is 0 Å². The molecule has 3 N–H and O–H groups in total. The van der Waals surface area contributed by atoms with Crippen LogP contribution in [0.1, 0.15) is 28.4 Å². The lowest BCUT2D eigenvalue weighted by molar-refractivity contribution is -0.121. The van der Waals surface area contributed by atoms with E-state index in [0.717, 1.165) is 22.5 Å². The Morgan fingerprint density at radius 1 is 0.964 bits per heavy atom. The highest BCUT2D eigenvalue weighted by Crippen LogP contribution is 2.42. The summed E-state index contributed by atoms with van der Waals surface area (Å²) >= 11 is 0. The second-order valence-corrected chi connectivity index (χ2v) is 7.09. The molecule has 4 rings (SSSR count). The molecule has 1 heterocycles. The van der Waals surface area contributed by atoms with Crippen LogP contribution < -0.4 is 16.0 Å². The van der Waals surface area contributed by atoms with Gasteiger partial charge in [-0.3, -0.25) is 9.59 Å². The molecule has 28 heavy (non-hydrogen) atoms. The molecule has 3 aromatic carbocycles. The highest BCUT2D eigenvalue weighted by atomic mass is 16.2. The summed E-state index contributed by atoms with van der Waals surface area (Å²) in [6, 6.07) is 24.6. The van der Waals surface area contributed by atoms with E-state index < -0.39 is 11.4 Å². The number of amides is 2. The molecule has 2 amide bonds. The van der Waals surface area contributed by atoms with Crippen molar-refractivity contribution in [2.24, 2.45) is 5.73 Å². The summed E-state index contributed by atoms with van der Waals surface area (Å²) in [5, 5.41) is 3.36. The Kier molecular flexibility index (Phi) is 4.35. The van der Waals surface area contributed by atoms with Crippen molar-refractivity contribution in [3.63, 3.8) is 0 Å². The Hall–Kier alpha value is -3.60. The van der Waals surface area contributed by atoms with Crippen molar-refractivity contribution >= 4 is 23.2 Å². The number of carbonyl (C=O) groups is 2. The van der Waals surface area contributed by atoms with E-state index in [2.05, 4.69) is 5.32 Å². The smallest absolute Gasteiger partial charge is 0.257 e. The van der Waals surface area contributed by atoms with E-state index in [1.165, 1.54) is 0 Å². The van der Waals surface area contributed by atoms with Crippen LogP contribution >= 0.6 is 0 Å². The van der Waals surface area contributed by atoms with Crippen LogP contribution in [0.5, 0.6) is 0 Å². The maximum atomic E-state index is 13.5. The molecule has 1 atom stereocenters. The van der Waals surface area contributed by atoms with E-state index in [1.807, 2.05) is 66.4 Å². The fraction of sp³-hybridized carbons (Fsp3) is 0.130. The van der Waals surface area contributed by atoms with Crippen LogP contribution in [0.25, 0.3) is 0 Å². The third-order valence-corrected chi connectivity index (χ3v) is 5.15. The van der Waals surface area contributed by atoms with Crippen LogP contribution in [0, 0.1) is 0 Å². The van der Waals surface area contributed by atoms with Gasteiger partial charge in [0.05, 0.1) is 12.2 Å². The average molecular weight is 371 g/mol. The monoisotopic (exact) mass is 371 g/mol. The average Bonchev–Trinajstić information content (AvgIpc) is 2.91. The minimum Gasteiger partial charge on any atom is -0.368 e. The first-order valence-electron chi connectivity index (χ1n) is 9.12. The minimum absolute atomic E-state index is 0.0171. The number of hydrogen-bond donors (Lipinski definition) is 2. The summed E-state index contributed by atoms with van der Waals surface area (Å²) in [6.45, 7) is 2.40. The second-order valence-electron chi connectivity index (χ2n) is 7.09.